The van der Waals surface area contributed by atoms with Gasteiger partial charge in [0.2, 0.25) is 0 Å². The highest BCUT2D eigenvalue weighted by Gasteiger charge is 2.31. The van der Waals surface area contributed by atoms with Crippen molar-refractivity contribution in [1.82, 2.24) is 0 Å². The van der Waals surface area contributed by atoms with Gasteiger partial charge in [-0.1, -0.05) is 168 Å². The monoisotopic (exact) mass is 735 g/mol. The van der Waals surface area contributed by atoms with E-state index in [1.165, 1.54) is 128 Å². The number of carbonyl (C=O) groups is 2. The molecule has 0 fully saturated rings. The summed E-state index contributed by atoms with van der Waals surface area (Å²) in [6, 6.07) is 0. The molecular formula is C40H81NO8P+. The molecule has 0 aliphatic heterocycles. The molecule has 298 valence electrons. The van der Waals surface area contributed by atoms with Gasteiger partial charge in [0, 0.05) is 19.3 Å². The Morgan fingerprint density at radius 3 is 1.22 bits per heavy atom. The van der Waals surface area contributed by atoms with E-state index in [1.54, 1.807) is 0 Å². The lowest BCUT2D eigenvalue weighted by Gasteiger charge is -2.31. The second-order valence-corrected chi connectivity index (χ2v) is 16.9. The van der Waals surface area contributed by atoms with E-state index < -0.39 is 20.0 Å². The van der Waals surface area contributed by atoms with Crippen LogP contribution in [0.25, 0.3) is 0 Å². The third-order valence-corrected chi connectivity index (χ3v) is 9.83. The maximum atomic E-state index is 12.8. The lowest BCUT2D eigenvalue weighted by atomic mass is 10.0. The zero-order valence-corrected chi connectivity index (χ0v) is 34.2. The van der Waals surface area contributed by atoms with Crippen molar-refractivity contribution < 1.29 is 42.4 Å². The minimum atomic E-state index is -4.78. The Kier molecular flexibility index (Phi) is 32.0. The fourth-order valence-electron chi connectivity index (χ4n) is 6.48. The van der Waals surface area contributed by atoms with Gasteiger partial charge in [0.05, 0.1) is 21.1 Å². The molecule has 0 spiro atoms. The lowest BCUT2D eigenvalue weighted by molar-refractivity contribution is -0.873. The van der Waals surface area contributed by atoms with Crippen molar-refractivity contribution in [3.05, 3.63) is 0 Å². The molecule has 2 unspecified atom stereocenters. The minimum Gasteiger partial charge on any atom is -0.462 e. The van der Waals surface area contributed by atoms with Crippen LogP contribution in [0.3, 0.4) is 0 Å². The normalized spacial score (nSPS) is 13.3. The van der Waals surface area contributed by atoms with E-state index >= 15 is 0 Å². The molecule has 50 heavy (non-hydrogen) atoms. The van der Waals surface area contributed by atoms with Gasteiger partial charge in [-0.2, -0.15) is 0 Å². The summed E-state index contributed by atoms with van der Waals surface area (Å²) in [6.45, 7) is 4.63. The van der Waals surface area contributed by atoms with Crippen molar-refractivity contribution in [3.8, 4) is 0 Å². The molecule has 0 aliphatic rings. The number of rotatable bonds is 37. The second kappa shape index (κ2) is 32.6. The van der Waals surface area contributed by atoms with Crippen LogP contribution in [0.4, 0.5) is 0 Å². The molecule has 0 radical (unpaired) electrons. The molecule has 0 aliphatic carbocycles. The molecule has 2 N–H and O–H groups in total. The summed E-state index contributed by atoms with van der Waals surface area (Å²) in [4.78, 5) is 44.4. The molecule has 0 aromatic carbocycles. The zero-order valence-electron chi connectivity index (χ0n) is 33.3. The van der Waals surface area contributed by atoms with Crippen molar-refractivity contribution in [1.29, 1.82) is 0 Å². The first kappa shape index (κ1) is 49.0. The van der Waals surface area contributed by atoms with Gasteiger partial charge < -0.3 is 23.7 Å². The van der Waals surface area contributed by atoms with Crippen molar-refractivity contribution in [2.24, 2.45) is 0 Å². The smallest absolute Gasteiger partial charge is 0.462 e. The van der Waals surface area contributed by atoms with Crippen LogP contribution in [0.2, 0.25) is 0 Å². The number of quaternary nitrogens is 1. The van der Waals surface area contributed by atoms with Crippen LogP contribution in [-0.2, 0) is 28.2 Å². The highest BCUT2D eigenvalue weighted by molar-refractivity contribution is 7.46. The fourth-order valence-corrected chi connectivity index (χ4v) is 7.02. The van der Waals surface area contributed by atoms with Gasteiger partial charge in [0.15, 0.2) is 0 Å². The maximum absolute atomic E-state index is 12.8. The molecule has 9 nitrogen and oxygen atoms in total. The third kappa shape index (κ3) is 36.8. The Bertz CT molecular complexity index is 844. The SMILES string of the molecule is CCCCCCCCCCCCCCCC(=O)OCC(CC(C[N+](C)(C)C)OP(=O)(O)O)OC(=O)CCCCCCCCCCCCCCC. The average Bonchev–Trinajstić information content (AvgIpc) is 3.02. The van der Waals surface area contributed by atoms with Crippen LogP contribution in [0.1, 0.15) is 200 Å². The van der Waals surface area contributed by atoms with Crippen molar-refractivity contribution in [2.45, 2.75) is 212 Å². The number of phosphoric acid groups is 1. The number of unbranched alkanes of at least 4 members (excludes halogenated alkanes) is 24. The number of hydrogen-bond donors (Lipinski definition) is 2. The van der Waals surface area contributed by atoms with Gasteiger partial charge in [-0.15, -0.1) is 0 Å². The summed E-state index contributed by atoms with van der Waals surface area (Å²) in [5, 5.41) is 0. The van der Waals surface area contributed by atoms with Gasteiger partial charge in [-0.25, -0.2) is 4.57 Å². The predicted molar refractivity (Wildman–Crippen MR) is 206 cm³/mol. The van der Waals surface area contributed by atoms with Crippen LogP contribution in [0.5, 0.6) is 0 Å². The van der Waals surface area contributed by atoms with Crippen LogP contribution in [0.15, 0.2) is 0 Å². The van der Waals surface area contributed by atoms with Gasteiger partial charge in [-0.05, 0) is 12.8 Å². The molecule has 0 saturated carbocycles. The number of nitrogens with zero attached hydrogens (tertiary/aromatic N) is 1. The van der Waals surface area contributed by atoms with Crippen molar-refractivity contribution >= 4 is 19.8 Å². The Balaban J connectivity index is 4.53. The summed E-state index contributed by atoms with van der Waals surface area (Å²) in [7, 11) is 0.894. The molecule has 2 atom stereocenters. The summed E-state index contributed by atoms with van der Waals surface area (Å²) in [5.41, 5.74) is 0. The Morgan fingerprint density at radius 1 is 0.540 bits per heavy atom. The van der Waals surface area contributed by atoms with Crippen molar-refractivity contribution in [2.75, 3.05) is 34.3 Å². The summed E-state index contributed by atoms with van der Waals surface area (Å²) < 4.78 is 28.5. The fraction of sp³-hybridized carbons (Fsp3) is 0.950. The average molecular weight is 735 g/mol. The minimum absolute atomic E-state index is 0.0248. The topological polar surface area (TPSA) is 119 Å². The van der Waals surface area contributed by atoms with Crippen LogP contribution >= 0.6 is 7.82 Å². The molecule has 10 heteroatoms. The highest BCUT2D eigenvalue weighted by atomic mass is 31.2. The van der Waals surface area contributed by atoms with E-state index in [0.717, 1.165) is 38.5 Å². The molecule has 0 aromatic heterocycles. The first-order valence-electron chi connectivity index (χ1n) is 20.8. The maximum Gasteiger partial charge on any atom is 0.470 e. The van der Waals surface area contributed by atoms with Gasteiger partial charge in [0.25, 0.3) is 0 Å². The number of phosphoric ester groups is 1. The van der Waals surface area contributed by atoms with E-state index in [9.17, 15) is 23.9 Å². The quantitative estimate of drug-likeness (QED) is 0.0280. The van der Waals surface area contributed by atoms with E-state index in [4.69, 9.17) is 14.0 Å². The number of carbonyl (C=O) groups excluding carboxylic acids is 2. The summed E-state index contributed by atoms with van der Waals surface area (Å²) in [5.74, 6) is -0.726. The molecule has 0 rings (SSSR count). The van der Waals surface area contributed by atoms with E-state index in [1.807, 2.05) is 21.1 Å². The summed E-state index contributed by atoms with van der Waals surface area (Å²) in [6.07, 6.45) is 30.6. The van der Waals surface area contributed by atoms with Crippen LogP contribution in [-0.4, -0.2) is 72.7 Å². The van der Waals surface area contributed by atoms with E-state index in [-0.39, 0.29) is 37.9 Å². The second-order valence-electron chi connectivity index (χ2n) is 15.7. The standard InChI is InChI=1S/C40H80NO8P/c1-6-8-10-12-14-16-18-20-22-24-26-28-30-32-39(42)47-36-38(34-37(35-41(3,4)5)49-50(44,45)46)48-40(43)33-31-29-27-25-23-21-19-17-15-13-11-9-7-2/h37-38H,6-36H2,1-5H3,(H-,44,45,46)/p+1. The molecule has 0 amide bonds. The molecule has 0 bridgehead atoms. The molecular weight excluding hydrogens is 653 g/mol. The van der Waals surface area contributed by atoms with Gasteiger partial charge >= 0.3 is 19.8 Å². The molecule has 0 saturated heterocycles. The lowest BCUT2D eigenvalue weighted by Crippen LogP contribution is -2.44. The van der Waals surface area contributed by atoms with Gasteiger partial charge in [0.1, 0.15) is 25.4 Å². The highest BCUT2D eigenvalue weighted by Crippen LogP contribution is 2.39. The molecule has 0 aromatic rings. The zero-order chi connectivity index (χ0) is 37.4. The number of esters is 2. The van der Waals surface area contributed by atoms with E-state index in [0.29, 0.717) is 10.9 Å². The van der Waals surface area contributed by atoms with Crippen LogP contribution < -0.4 is 0 Å². The van der Waals surface area contributed by atoms with Crippen LogP contribution in [0, 0.1) is 0 Å². The van der Waals surface area contributed by atoms with E-state index in [2.05, 4.69) is 13.8 Å². The first-order chi connectivity index (χ1) is 23.9. The Hall–Kier alpha value is -0.990. The Morgan fingerprint density at radius 2 is 0.880 bits per heavy atom. The van der Waals surface area contributed by atoms with Gasteiger partial charge in [-0.3, -0.25) is 14.1 Å². The Labute approximate surface area is 308 Å². The molecule has 0 heterocycles. The van der Waals surface area contributed by atoms with Crippen molar-refractivity contribution in [3.63, 3.8) is 0 Å². The predicted octanol–water partition coefficient (Wildman–Crippen LogP) is 11.0. The number of hydrogen-bond acceptors (Lipinski definition) is 6. The first-order valence-corrected chi connectivity index (χ1v) is 22.3. The summed E-state index contributed by atoms with van der Waals surface area (Å²) >= 11 is 0. The third-order valence-electron chi connectivity index (χ3n) is 9.26. The number of likely N-dealkylation sites (N-methyl/N-ethyl adjacent to an activating group) is 1. The largest absolute Gasteiger partial charge is 0.470 e. The number of ether oxygens (including phenoxy) is 2.